The van der Waals surface area contributed by atoms with E-state index in [1.165, 1.54) is 7.11 Å². The number of anilines is 1. The van der Waals surface area contributed by atoms with Gasteiger partial charge in [0, 0.05) is 5.75 Å². The molecule has 4 rings (SSSR count). The van der Waals surface area contributed by atoms with Gasteiger partial charge in [-0.15, -0.1) is 0 Å². The van der Waals surface area contributed by atoms with Gasteiger partial charge in [-0.05, 0) is 58.4 Å². The Morgan fingerprint density at radius 1 is 1.29 bits per heavy atom. The summed E-state index contributed by atoms with van der Waals surface area (Å²) in [5.74, 6) is -0.105. The van der Waals surface area contributed by atoms with E-state index in [9.17, 15) is 9.59 Å². The first-order chi connectivity index (χ1) is 17.8. The number of fused-ring (bicyclic) bond motifs is 2. The van der Waals surface area contributed by atoms with E-state index >= 15 is 0 Å². The number of hydrogen-bond donors (Lipinski definition) is 2. The normalized spacial score (nSPS) is 25.2. The summed E-state index contributed by atoms with van der Waals surface area (Å²) < 4.78 is 30.6. The Morgan fingerprint density at radius 2 is 2.00 bits per heavy atom. The fourth-order valence-electron chi connectivity index (χ4n) is 4.36. The third-order valence-electron chi connectivity index (χ3n) is 5.83. The summed E-state index contributed by atoms with van der Waals surface area (Å²) in [6, 6.07) is -0.843. The second-order valence-electron chi connectivity index (χ2n) is 10.4. The molecule has 2 fully saturated rings. The van der Waals surface area contributed by atoms with Crippen LogP contribution in [0.3, 0.4) is 0 Å². The number of methoxy groups -OCH3 is 1. The van der Waals surface area contributed by atoms with Crippen LogP contribution in [0.5, 0.6) is 0 Å². The Balaban J connectivity index is 1.41. The summed E-state index contributed by atoms with van der Waals surface area (Å²) in [6.45, 7) is 8.93. The minimum Gasteiger partial charge on any atom is -0.467 e. The number of imidazole rings is 1. The number of nitrogen functional groups attached to an aromatic ring is 1. The number of aromatic nitrogens is 4. The van der Waals surface area contributed by atoms with Gasteiger partial charge in [0.1, 0.15) is 29.4 Å². The SMILES string of the molecule is COC(=O)[C@H](CCSC[C@H]1O[C@@H](n2cnc3c(N)nc(Cl)nc32)[C@@H]2OC(C)(C)O[C@@H]21)NC(=O)OC(C)(C)C. The highest BCUT2D eigenvalue weighted by atomic mass is 35.5. The van der Waals surface area contributed by atoms with Crippen molar-refractivity contribution < 1.29 is 33.3 Å². The first kappa shape index (κ1) is 28.6. The maximum atomic E-state index is 12.2. The van der Waals surface area contributed by atoms with Crippen LogP contribution in [0.15, 0.2) is 6.33 Å². The molecule has 2 aromatic rings. The summed E-state index contributed by atoms with van der Waals surface area (Å²) in [5.41, 5.74) is 6.12. The molecule has 0 aromatic carbocycles. The zero-order valence-corrected chi connectivity index (χ0v) is 23.7. The molecule has 0 spiro atoms. The Labute approximate surface area is 229 Å². The summed E-state index contributed by atoms with van der Waals surface area (Å²) >= 11 is 7.59. The van der Waals surface area contributed by atoms with Crippen molar-refractivity contribution in [1.29, 1.82) is 0 Å². The van der Waals surface area contributed by atoms with Crippen LogP contribution in [0, 0.1) is 0 Å². The second-order valence-corrected chi connectivity index (χ2v) is 11.9. The van der Waals surface area contributed by atoms with E-state index in [2.05, 4.69) is 20.3 Å². The van der Waals surface area contributed by atoms with Crippen LogP contribution in [-0.4, -0.2) is 85.9 Å². The van der Waals surface area contributed by atoms with E-state index in [0.29, 0.717) is 29.1 Å². The zero-order valence-electron chi connectivity index (χ0n) is 22.1. The highest BCUT2D eigenvalue weighted by Gasteiger charge is 2.56. The second kappa shape index (κ2) is 11.0. The number of ether oxygens (including phenoxy) is 5. The molecule has 1 amide bonds. The van der Waals surface area contributed by atoms with Gasteiger partial charge in [-0.25, -0.2) is 14.6 Å². The minimum absolute atomic E-state index is 0.00229. The predicted molar refractivity (Wildman–Crippen MR) is 140 cm³/mol. The van der Waals surface area contributed by atoms with Crippen LogP contribution in [0.2, 0.25) is 5.28 Å². The lowest BCUT2D eigenvalue weighted by Gasteiger charge is -2.25. The molecule has 2 aliphatic rings. The number of amides is 1. The van der Waals surface area contributed by atoms with Crippen molar-refractivity contribution in [1.82, 2.24) is 24.8 Å². The monoisotopic (exact) mass is 572 g/mol. The molecule has 38 heavy (non-hydrogen) atoms. The van der Waals surface area contributed by atoms with Crippen molar-refractivity contribution in [3.63, 3.8) is 0 Å². The van der Waals surface area contributed by atoms with Crippen LogP contribution < -0.4 is 11.1 Å². The first-order valence-electron chi connectivity index (χ1n) is 12.1. The van der Waals surface area contributed by atoms with E-state index in [1.54, 1.807) is 43.4 Å². The van der Waals surface area contributed by atoms with Crippen LogP contribution in [0.1, 0.15) is 47.3 Å². The fourth-order valence-corrected chi connectivity index (χ4v) is 5.60. The quantitative estimate of drug-likeness (QED) is 0.270. The Bertz CT molecular complexity index is 1190. The molecule has 2 saturated heterocycles. The number of nitrogens with two attached hydrogens (primary N) is 1. The van der Waals surface area contributed by atoms with E-state index in [-0.39, 0.29) is 23.3 Å². The fraction of sp³-hybridized carbons (Fsp3) is 0.696. The lowest BCUT2D eigenvalue weighted by molar-refractivity contribution is -0.193. The molecule has 0 saturated carbocycles. The number of esters is 1. The van der Waals surface area contributed by atoms with Crippen molar-refractivity contribution >= 4 is 52.4 Å². The van der Waals surface area contributed by atoms with Crippen molar-refractivity contribution in [2.24, 2.45) is 0 Å². The van der Waals surface area contributed by atoms with Gasteiger partial charge in [0.2, 0.25) is 5.28 Å². The van der Waals surface area contributed by atoms with E-state index < -0.39 is 41.8 Å². The number of alkyl carbamates (subject to hydrolysis) is 1. The third kappa shape index (κ3) is 6.42. The van der Waals surface area contributed by atoms with Crippen molar-refractivity contribution in [3.8, 4) is 0 Å². The maximum Gasteiger partial charge on any atom is 0.408 e. The number of halogens is 1. The smallest absolute Gasteiger partial charge is 0.408 e. The summed E-state index contributed by atoms with van der Waals surface area (Å²) in [4.78, 5) is 37.0. The summed E-state index contributed by atoms with van der Waals surface area (Å²) in [7, 11) is 1.27. The number of rotatable bonds is 8. The highest BCUT2D eigenvalue weighted by Crippen LogP contribution is 2.44. The molecule has 15 heteroatoms. The highest BCUT2D eigenvalue weighted by molar-refractivity contribution is 7.99. The van der Waals surface area contributed by atoms with Gasteiger partial charge in [0.25, 0.3) is 0 Å². The topological polar surface area (TPSA) is 162 Å². The molecule has 0 aliphatic carbocycles. The average molecular weight is 573 g/mol. The maximum absolute atomic E-state index is 12.2. The first-order valence-corrected chi connectivity index (χ1v) is 13.6. The van der Waals surface area contributed by atoms with Crippen LogP contribution in [0.4, 0.5) is 10.6 Å². The van der Waals surface area contributed by atoms with E-state index in [1.807, 2.05) is 13.8 Å². The predicted octanol–water partition coefficient (Wildman–Crippen LogP) is 2.67. The van der Waals surface area contributed by atoms with Crippen LogP contribution >= 0.6 is 23.4 Å². The van der Waals surface area contributed by atoms with Gasteiger partial charge in [-0.1, -0.05) is 0 Å². The zero-order chi connectivity index (χ0) is 27.8. The number of hydrogen-bond acceptors (Lipinski definition) is 12. The average Bonchev–Trinajstić information content (AvgIpc) is 3.45. The standard InChI is InChI=1S/C23H33ClN6O7S/c1-22(2,3)37-21(32)27-11(19(31)33-6)7-8-38-9-12-14-15(36-23(4,5)35-14)18(34-12)30-10-26-13-16(25)28-20(24)29-17(13)30/h10-12,14-15,18H,7-9H2,1-6H3,(H,27,32)(H2,25,28,29)/t11-,12+,14+,15+,18+/m0/s1. The van der Waals surface area contributed by atoms with Crippen LogP contribution in [-0.2, 0) is 28.5 Å². The molecular weight excluding hydrogens is 540 g/mol. The molecule has 2 aliphatic heterocycles. The van der Waals surface area contributed by atoms with Crippen molar-refractivity contribution in [2.75, 3.05) is 24.3 Å². The molecule has 0 unspecified atom stereocenters. The number of carbonyl (C=O) groups is 2. The van der Waals surface area contributed by atoms with E-state index in [4.69, 9.17) is 41.0 Å². The lowest BCUT2D eigenvalue weighted by Crippen LogP contribution is -2.44. The summed E-state index contributed by atoms with van der Waals surface area (Å²) in [5, 5.41) is 2.59. The van der Waals surface area contributed by atoms with Gasteiger partial charge >= 0.3 is 12.1 Å². The van der Waals surface area contributed by atoms with Gasteiger partial charge in [-0.3, -0.25) is 4.57 Å². The number of thioether (sulfide) groups is 1. The molecule has 4 heterocycles. The molecule has 13 nitrogen and oxygen atoms in total. The lowest BCUT2D eigenvalue weighted by atomic mass is 10.1. The molecule has 0 bridgehead atoms. The summed E-state index contributed by atoms with van der Waals surface area (Å²) in [6.07, 6.45) is -0.478. The molecule has 210 valence electrons. The van der Waals surface area contributed by atoms with Crippen molar-refractivity contribution in [3.05, 3.63) is 11.6 Å². The van der Waals surface area contributed by atoms with E-state index in [0.717, 1.165) is 0 Å². The third-order valence-corrected chi connectivity index (χ3v) is 7.09. The van der Waals surface area contributed by atoms with Gasteiger partial charge in [0.05, 0.1) is 19.5 Å². The molecular formula is C23H33ClN6O7S. The molecule has 3 N–H and O–H groups in total. The molecule has 5 atom stereocenters. The van der Waals surface area contributed by atoms with Gasteiger partial charge in [0.15, 0.2) is 23.5 Å². The Kier molecular flexibility index (Phi) is 8.28. The molecule has 2 aromatic heterocycles. The number of nitrogens with zero attached hydrogens (tertiary/aromatic N) is 4. The Hall–Kier alpha value is -2.39. The Morgan fingerprint density at radius 3 is 2.68 bits per heavy atom. The van der Waals surface area contributed by atoms with Gasteiger partial charge < -0.3 is 34.7 Å². The largest absolute Gasteiger partial charge is 0.467 e. The van der Waals surface area contributed by atoms with Gasteiger partial charge in [-0.2, -0.15) is 21.7 Å². The number of carbonyl (C=O) groups excluding carboxylic acids is 2. The number of nitrogens with one attached hydrogen (secondary N) is 1. The molecule has 0 radical (unpaired) electrons. The minimum atomic E-state index is -0.843. The van der Waals surface area contributed by atoms with Crippen molar-refractivity contribution in [2.45, 2.75) is 83.0 Å². The van der Waals surface area contributed by atoms with Crippen LogP contribution in [0.25, 0.3) is 11.2 Å².